The van der Waals surface area contributed by atoms with Crippen molar-refractivity contribution in [1.82, 2.24) is 20.6 Å². The molecule has 0 aliphatic carbocycles. The minimum absolute atomic E-state index is 0. The Labute approximate surface area is 175 Å². The first-order chi connectivity index (χ1) is 11.6. The normalized spacial score (nSPS) is 11.1. The molecule has 0 fully saturated rings. The lowest BCUT2D eigenvalue weighted by molar-refractivity contribution is 0.779. The smallest absolute Gasteiger partial charge is 0.191 e. The average Bonchev–Trinajstić information content (AvgIpc) is 2.95. The Morgan fingerprint density at radius 3 is 2.52 bits per heavy atom. The highest BCUT2D eigenvalue weighted by Crippen LogP contribution is 2.17. The fourth-order valence-electron chi connectivity index (χ4n) is 2.31. The maximum Gasteiger partial charge on any atom is 0.191 e. The van der Waals surface area contributed by atoms with Gasteiger partial charge in [0.25, 0.3) is 0 Å². The number of pyridine rings is 1. The molecule has 0 radical (unpaired) electrons. The average molecular weight is 494 g/mol. The van der Waals surface area contributed by atoms with Gasteiger partial charge in [-0.3, -0.25) is 4.99 Å². The first-order valence-corrected chi connectivity index (χ1v) is 9.32. The van der Waals surface area contributed by atoms with Crippen molar-refractivity contribution in [2.45, 2.75) is 33.1 Å². The SMILES string of the molecule is CCc1nc(CCNC(=NC)NCCc2ccc(Cl)nc2)sc1C.I. The third-order valence-electron chi connectivity index (χ3n) is 3.62. The number of rotatable bonds is 7. The topological polar surface area (TPSA) is 62.2 Å². The Morgan fingerprint density at radius 1 is 1.24 bits per heavy atom. The molecule has 0 saturated carbocycles. The molecule has 0 aliphatic rings. The summed E-state index contributed by atoms with van der Waals surface area (Å²) in [5.41, 5.74) is 2.36. The minimum atomic E-state index is 0. The number of aliphatic imine (C=N–C) groups is 1. The standard InChI is InChI=1S/C17H24ClN5S.HI/c1-4-14-12(2)24-16(23-14)8-10-21-17(19-3)20-9-7-13-5-6-15(18)22-11-13;/h5-6,11H,4,7-10H2,1-3H3,(H2,19,20,21);1H. The van der Waals surface area contributed by atoms with Gasteiger partial charge in [-0.05, 0) is 31.4 Å². The second kappa shape index (κ2) is 11.6. The van der Waals surface area contributed by atoms with E-state index in [0.717, 1.165) is 43.9 Å². The molecule has 2 aromatic rings. The third kappa shape index (κ3) is 7.45. The molecular formula is C17H25ClIN5S. The molecule has 0 aliphatic heterocycles. The van der Waals surface area contributed by atoms with Gasteiger partial charge < -0.3 is 10.6 Å². The molecule has 2 aromatic heterocycles. The zero-order chi connectivity index (χ0) is 17.4. The van der Waals surface area contributed by atoms with Gasteiger partial charge in [-0.25, -0.2) is 9.97 Å². The van der Waals surface area contributed by atoms with E-state index >= 15 is 0 Å². The largest absolute Gasteiger partial charge is 0.356 e. The molecule has 0 atom stereocenters. The maximum atomic E-state index is 5.79. The van der Waals surface area contributed by atoms with Crippen molar-refractivity contribution in [3.63, 3.8) is 0 Å². The van der Waals surface area contributed by atoms with E-state index in [1.165, 1.54) is 15.6 Å². The number of thiazole rings is 1. The van der Waals surface area contributed by atoms with Crippen molar-refractivity contribution in [2.24, 2.45) is 4.99 Å². The summed E-state index contributed by atoms with van der Waals surface area (Å²) in [6, 6.07) is 3.80. The van der Waals surface area contributed by atoms with Gasteiger partial charge >= 0.3 is 0 Å². The highest BCUT2D eigenvalue weighted by molar-refractivity contribution is 14.0. The Bertz CT molecular complexity index is 672. The quantitative estimate of drug-likeness (QED) is 0.268. The van der Waals surface area contributed by atoms with Crippen molar-refractivity contribution < 1.29 is 0 Å². The van der Waals surface area contributed by atoms with Gasteiger partial charge in [-0.1, -0.05) is 24.6 Å². The second-order valence-corrected chi connectivity index (χ2v) is 7.05. The Hall–Kier alpha value is -0.930. The van der Waals surface area contributed by atoms with Crippen LogP contribution in [0, 0.1) is 6.92 Å². The monoisotopic (exact) mass is 493 g/mol. The van der Waals surface area contributed by atoms with E-state index in [2.05, 4.69) is 39.4 Å². The number of nitrogens with zero attached hydrogens (tertiary/aromatic N) is 3. The molecule has 2 rings (SSSR count). The molecule has 0 aromatic carbocycles. The lowest BCUT2D eigenvalue weighted by Crippen LogP contribution is -2.39. The number of halogens is 2. The fourth-order valence-corrected chi connectivity index (χ4v) is 3.44. The summed E-state index contributed by atoms with van der Waals surface area (Å²) >= 11 is 7.57. The molecular weight excluding hydrogens is 469 g/mol. The van der Waals surface area contributed by atoms with Crippen LogP contribution in [-0.2, 0) is 19.3 Å². The summed E-state index contributed by atoms with van der Waals surface area (Å²) in [6.45, 7) is 5.89. The van der Waals surface area contributed by atoms with Crippen LogP contribution in [0.2, 0.25) is 5.15 Å². The molecule has 2 N–H and O–H groups in total. The van der Waals surface area contributed by atoms with E-state index in [9.17, 15) is 0 Å². The summed E-state index contributed by atoms with van der Waals surface area (Å²) in [5.74, 6) is 0.806. The molecule has 138 valence electrons. The maximum absolute atomic E-state index is 5.79. The molecule has 0 unspecified atom stereocenters. The highest BCUT2D eigenvalue weighted by atomic mass is 127. The molecule has 0 amide bonds. The van der Waals surface area contributed by atoms with Crippen LogP contribution in [-0.4, -0.2) is 36.1 Å². The van der Waals surface area contributed by atoms with Crippen LogP contribution >= 0.6 is 46.9 Å². The predicted molar refractivity (Wildman–Crippen MR) is 118 cm³/mol. The fraction of sp³-hybridized carbons (Fsp3) is 0.471. The van der Waals surface area contributed by atoms with E-state index in [1.54, 1.807) is 24.6 Å². The summed E-state index contributed by atoms with van der Waals surface area (Å²) in [5, 5.41) is 8.34. The lowest BCUT2D eigenvalue weighted by atomic mass is 10.2. The zero-order valence-corrected chi connectivity index (χ0v) is 18.7. The summed E-state index contributed by atoms with van der Waals surface area (Å²) in [7, 11) is 1.78. The van der Waals surface area contributed by atoms with E-state index in [1.807, 2.05) is 12.1 Å². The van der Waals surface area contributed by atoms with E-state index < -0.39 is 0 Å². The van der Waals surface area contributed by atoms with E-state index in [0.29, 0.717) is 5.15 Å². The van der Waals surface area contributed by atoms with Crippen LogP contribution in [0.15, 0.2) is 23.3 Å². The number of hydrogen-bond acceptors (Lipinski definition) is 4. The van der Waals surface area contributed by atoms with Crippen LogP contribution in [0.3, 0.4) is 0 Å². The molecule has 25 heavy (non-hydrogen) atoms. The van der Waals surface area contributed by atoms with Crippen molar-refractivity contribution in [2.75, 3.05) is 20.1 Å². The first-order valence-electron chi connectivity index (χ1n) is 8.12. The van der Waals surface area contributed by atoms with Crippen LogP contribution in [0.4, 0.5) is 0 Å². The number of guanidine groups is 1. The minimum Gasteiger partial charge on any atom is -0.356 e. The van der Waals surface area contributed by atoms with E-state index in [4.69, 9.17) is 11.6 Å². The molecule has 0 bridgehead atoms. The zero-order valence-electron chi connectivity index (χ0n) is 14.8. The van der Waals surface area contributed by atoms with Gasteiger partial charge in [0.2, 0.25) is 0 Å². The molecule has 5 nitrogen and oxygen atoms in total. The van der Waals surface area contributed by atoms with Crippen molar-refractivity contribution in [3.05, 3.63) is 44.6 Å². The van der Waals surface area contributed by atoms with Gasteiger partial charge in [0.15, 0.2) is 5.96 Å². The van der Waals surface area contributed by atoms with Crippen molar-refractivity contribution >= 4 is 52.9 Å². The number of aromatic nitrogens is 2. The van der Waals surface area contributed by atoms with Gasteiger partial charge in [-0.15, -0.1) is 35.3 Å². The molecule has 0 saturated heterocycles. The first kappa shape index (κ1) is 22.1. The second-order valence-electron chi connectivity index (χ2n) is 5.38. The summed E-state index contributed by atoms with van der Waals surface area (Å²) < 4.78 is 0. The van der Waals surface area contributed by atoms with E-state index in [-0.39, 0.29) is 24.0 Å². The Morgan fingerprint density at radius 2 is 1.96 bits per heavy atom. The van der Waals surface area contributed by atoms with Gasteiger partial charge in [0.1, 0.15) is 5.15 Å². The van der Waals surface area contributed by atoms with Crippen molar-refractivity contribution in [3.8, 4) is 0 Å². The van der Waals surface area contributed by atoms with Crippen LogP contribution in [0.25, 0.3) is 0 Å². The van der Waals surface area contributed by atoms with Crippen LogP contribution in [0.1, 0.15) is 28.1 Å². The molecule has 8 heteroatoms. The highest BCUT2D eigenvalue weighted by Gasteiger charge is 2.06. The van der Waals surface area contributed by atoms with Crippen molar-refractivity contribution in [1.29, 1.82) is 0 Å². The van der Waals surface area contributed by atoms with Gasteiger partial charge in [0, 0.05) is 37.6 Å². The summed E-state index contributed by atoms with van der Waals surface area (Å²) in [6.07, 6.45) is 4.58. The third-order valence-corrected chi connectivity index (χ3v) is 4.92. The van der Waals surface area contributed by atoms with Gasteiger partial charge in [0.05, 0.1) is 10.7 Å². The Kier molecular flexibility index (Phi) is 10.3. The predicted octanol–water partition coefficient (Wildman–Crippen LogP) is 3.63. The lowest BCUT2D eigenvalue weighted by Gasteiger charge is -2.11. The van der Waals surface area contributed by atoms with Crippen LogP contribution < -0.4 is 10.6 Å². The summed E-state index contributed by atoms with van der Waals surface area (Å²) in [4.78, 5) is 14.3. The van der Waals surface area contributed by atoms with Crippen LogP contribution in [0.5, 0.6) is 0 Å². The Balaban J connectivity index is 0.00000312. The number of nitrogens with one attached hydrogen (secondary N) is 2. The molecule has 0 spiro atoms. The number of aryl methyl sites for hydroxylation is 2. The van der Waals surface area contributed by atoms with Gasteiger partial charge in [-0.2, -0.15) is 0 Å². The molecule has 2 heterocycles. The number of hydrogen-bond donors (Lipinski definition) is 2.